The van der Waals surface area contributed by atoms with Crippen LogP contribution in [0.2, 0.25) is 0 Å². The zero-order valence-corrected chi connectivity index (χ0v) is 17.3. The molecule has 0 spiro atoms. The Kier molecular flexibility index (Phi) is 5.45. The number of amides is 1. The summed E-state index contributed by atoms with van der Waals surface area (Å²) in [6.45, 7) is 3.79. The average molecular weight is 406 g/mol. The Morgan fingerprint density at radius 3 is 2.66 bits per heavy atom. The Hall–Kier alpha value is -2.99. The maximum Gasteiger partial charge on any atom is 0.276 e. The number of nitrogens with one attached hydrogen (secondary N) is 1. The minimum atomic E-state index is -0.213. The first-order chi connectivity index (χ1) is 14.0. The molecular weight excluding hydrogens is 382 g/mol. The SMILES string of the molecule is Cc1nn(CC(=O)NC(C)CCc2ccccc2)c(=O)c2c1sc1ccccc12. The molecule has 5 nitrogen and oxygen atoms in total. The van der Waals surface area contributed by atoms with E-state index in [-0.39, 0.29) is 24.1 Å². The van der Waals surface area contributed by atoms with Crippen molar-refractivity contribution in [2.75, 3.05) is 0 Å². The molecule has 4 aromatic rings. The Labute approximate surface area is 173 Å². The number of hydrogen-bond donors (Lipinski definition) is 1. The smallest absolute Gasteiger partial charge is 0.276 e. The molecule has 1 atom stereocenters. The van der Waals surface area contributed by atoms with Gasteiger partial charge in [-0.25, -0.2) is 4.68 Å². The highest BCUT2D eigenvalue weighted by molar-refractivity contribution is 7.26. The first kappa shape index (κ1) is 19.3. The van der Waals surface area contributed by atoms with Gasteiger partial charge in [-0.05, 0) is 38.3 Å². The van der Waals surface area contributed by atoms with E-state index >= 15 is 0 Å². The lowest BCUT2D eigenvalue weighted by Gasteiger charge is -2.14. The fourth-order valence-electron chi connectivity index (χ4n) is 3.58. The molecule has 148 valence electrons. The largest absolute Gasteiger partial charge is 0.352 e. The molecule has 2 heterocycles. The van der Waals surface area contributed by atoms with Gasteiger partial charge in [0, 0.05) is 16.1 Å². The molecule has 0 aliphatic carbocycles. The van der Waals surface area contributed by atoms with Crippen LogP contribution in [0, 0.1) is 6.92 Å². The highest BCUT2D eigenvalue weighted by Crippen LogP contribution is 2.32. The van der Waals surface area contributed by atoms with Crippen LogP contribution in [0.15, 0.2) is 59.4 Å². The van der Waals surface area contributed by atoms with Gasteiger partial charge in [-0.3, -0.25) is 9.59 Å². The highest BCUT2D eigenvalue weighted by atomic mass is 32.1. The fraction of sp³-hybridized carbons (Fsp3) is 0.261. The average Bonchev–Trinajstić information content (AvgIpc) is 3.11. The molecule has 2 aromatic heterocycles. The van der Waals surface area contributed by atoms with Gasteiger partial charge in [-0.15, -0.1) is 11.3 Å². The summed E-state index contributed by atoms with van der Waals surface area (Å²) in [5.41, 5.74) is 1.80. The number of carbonyl (C=O) groups is 1. The van der Waals surface area contributed by atoms with Crippen molar-refractivity contribution in [1.82, 2.24) is 15.1 Å². The van der Waals surface area contributed by atoms with E-state index in [1.165, 1.54) is 10.2 Å². The topological polar surface area (TPSA) is 64.0 Å². The summed E-state index contributed by atoms with van der Waals surface area (Å²) < 4.78 is 3.24. The molecule has 0 aliphatic rings. The van der Waals surface area contributed by atoms with Crippen LogP contribution in [-0.4, -0.2) is 21.7 Å². The summed E-state index contributed by atoms with van der Waals surface area (Å²) in [6, 6.07) is 18.1. The zero-order valence-electron chi connectivity index (χ0n) is 16.5. The van der Waals surface area contributed by atoms with Crippen molar-refractivity contribution in [3.63, 3.8) is 0 Å². The third kappa shape index (κ3) is 4.07. The number of nitrogens with zero attached hydrogens (tertiary/aromatic N) is 2. The van der Waals surface area contributed by atoms with Gasteiger partial charge in [0.25, 0.3) is 5.56 Å². The van der Waals surface area contributed by atoms with Crippen LogP contribution in [0.5, 0.6) is 0 Å². The molecule has 1 unspecified atom stereocenters. The lowest BCUT2D eigenvalue weighted by atomic mass is 10.1. The van der Waals surface area contributed by atoms with Crippen LogP contribution in [0.25, 0.3) is 20.2 Å². The van der Waals surface area contributed by atoms with Gasteiger partial charge in [0.2, 0.25) is 5.91 Å². The van der Waals surface area contributed by atoms with Crippen LogP contribution in [0.1, 0.15) is 24.6 Å². The maximum absolute atomic E-state index is 13.0. The van der Waals surface area contributed by atoms with Gasteiger partial charge < -0.3 is 5.32 Å². The predicted octanol–water partition coefficient (Wildman–Crippen LogP) is 4.06. The third-order valence-electron chi connectivity index (χ3n) is 5.05. The van der Waals surface area contributed by atoms with Crippen molar-refractivity contribution in [1.29, 1.82) is 0 Å². The minimum absolute atomic E-state index is 0.0187. The highest BCUT2D eigenvalue weighted by Gasteiger charge is 2.16. The van der Waals surface area contributed by atoms with Crippen molar-refractivity contribution in [2.45, 2.75) is 39.3 Å². The lowest BCUT2D eigenvalue weighted by Crippen LogP contribution is -2.38. The molecule has 0 aliphatic heterocycles. The first-order valence-corrected chi connectivity index (χ1v) is 10.6. The van der Waals surface area contributed by atoms with E-state index in [2.05, 4.69) is 22.5 Å². The molecule has 4 rings (SSSR count). The van der Waals surface area contributed by atoms with Gasteiger partial charge >= 0.3 is 0 Å². The monoisotopic (exact) mass is 405 g/mol. The molecule has 1 N–H and O–H groups in total. The maximum atomic E-state index is 13.0. The zero-order chi connectivity index (χ0) is 20.4. The Morgan fingerprint density at radius 1 is 1.14 bits per heavy atom. The summed E-state index contributed by atoms with van der Waals surface area (Å²) in [5, 5.41) is 8.96. The summed E-state index contributed by atoms with van der Waals surface area (Å²) in [5.74, 6) is -0.196. The van der Waals surface area contributed by atoms with Gasteiger partial charge in [-0.2, -0.15) is 5.10 Å². The van der Waals surface area contributed by atoms with Crippen molar-refractivity contribution in [3.8, 4) is 0 Å². The molecule has 0 saturated carbocycles. The predicted molar refractivity (Wildman–Crippen MR) is 118 cm³/mol. The molecular formula is C23H23N3O2S. The van der Waals surface area contributed by atoms with Gasteiger partial charge in [-0.1, -0.05) is 48.5 Å². The van der Waals surface area contributed by atoms with Crippen molar-refractivity contribution < 1.29 is 4.79 Å². The lowest BCUT2D eigenvalue weighted by molar-refractivity contribution is -0.122. The summed E-state index contributed by atoms with van der Waals surface area (Å²) in [7, 11) is 0. The molecule has 29 heavy (non-hydrogen) atoms. The number of fused-ring (bicyclic) bond motifs is 3. The third-order valence-corrected chi connectivity index (χ3v) is 6.33. The van der Waals surface area contributed by atoms with E-state index in [1.807, 2.05) is 56.3 Å². The summed E-state index contributed by atoms with van der Waals surface area (Å²) >= 11 is 1.57. The summed E-state index contributed by atoms with van der Waals surface area (Å²) in [6.07, 6.45) is 1.73. The molecule has 1 amide bonds. The van der Waals surface area contributed by atoms with Crippen LogP contribution in [0.4, 0.5) is 0 Å². The van der Waals surface area contributed by atoms with Gasteiger partial charge in [0.15, 0.2) is 0 Å². The second-order valence-corrected chi connectivity index (χ2v) is 8.40. The molecule has 6 heteroatoms. The number of benzene rings is 2. The normalized spacial score (nSPS) is 12.3. The van der Waals surface area contributed by atoms with Crippen LogP contribution >= 0.6 is 11.3 Å². The fourth-order valence-corrected chi connectivity index (χ4v) is 4.71. The molecule has 0 bridgehead atoms. The number of aromatic nitrogens is 2. The number of carbonyl (C=O) groups excluding carboxylic acids is 1. The quantitative estimate of drug-likeness (QED) is 0.526. The second kappa shape index (κ2) is 8.17. The van der Waals surface area contributed by atoms with Crippen molar-refractivity contribution in [3.05, 3.63) is 76.2 Å². The van der Waals surface area contributed by atoms with Crippen molar-refractivity contribution in [2.24, 2.45) is 0 Å². The van der Waals surface area contributed by atoms with E-state index in [4.69, 9.17) is 0 Å². The van der Waals surface area contributed by atoms with E-state index < -0.39 is 0 Å². The number of hydrogen-bond acceptors (Lipinski definition) is 4. The molecule has 0 fully saturated rings. The van der Waals surface area contributed by atoms with E-state index in [1.54, 1.807) is 11.3 Å². The van der Waals surface area contributed by atoms with Gasteiger partial charge in [0.05, 0.1) is 15.8 Å². The Morgan fingerprint density at radius 2 is 1.86 bits per heavy atom. The van der Waals surface area contributed by atoms with Crippen LogP contribution in [-0.2, 0) is 17.8 Å². The van der Waals surface area contributed by atoms with Crippen LogP contribution in [0.3, 0.4) is 0 Å². The molecule has 0 saturated heterocycles. The Balaban J connectivity index is 1.50. The van der Waals surface area contributed by atoms with Crippen LogP contribution < -0.4 is 10.9 Å². The second-order valence-electron chi connectivity index (χ2n) is 7.34. The molecule has 0 radical (unpaired) electrons. The van der Waals surface area contributed by atoms with E-state index in [0.29, 0.717) is 5.39 Å². The van der Waals surface area contributed by atoms with Gasteiger partial charge in [0.1, 0.15) is 6.54 Å². The summed E-state index contributed by atoms with van der Waals surface area (Å²) in [4.78, 5) is 25.5. The van der Waals surface area contributed by atoms with E-state index in [0.717, 1.165) is 33.3 Å². The number of thiophene rings is 1. The van der Waals surface area contributed by atoms with Crippen molar-refractivity contribution >= 4 is 37.4 Å². The number of aryl methyl sites for hydroxylation is 2. The first-order valence-electron chi connectivity index (χ1n) is 9.75. The minimum Gasteiger partial charge on any atom is -0.352 e. The van der Waals surface area contributed by atoms with E-state index in [9.17, 15) is 9.59 Å². The Bertz CT molecular complexity index is 1230. The standard InChI is InChI=1S/C23H23N3O2S/c1-15(12-13-17-8-4-3-5-9-17)24-20(27)14-26-23(28)21-18-10-6-7-11-19(18)29-22(21)16(2)25-26/h3-11,15H,12-14H2,1-2H3,(H,24,27). The number of rotatable bonds is 6. The molecule has 2 aromatic carbocycles.